The Hall–Kier alpha value is -1.12. The van der Waals surface area contributed by atoms with Crippen molar-refractivity contribution in [2.24, 2.45) is 5.92 Å². The number of halogens is 2. The first-order valence-corrected chi connectivity index (χ1v) is 5.79. The van der Waals surface area contributed by atoms with E-state index in [0.29, 0.717) is 11.5 Å². The van der Waals surface area contributed by atoms with Gasteiger partial charge < -0.3 is 5.32 Å². The van der Waals surface area contributed by atoms with Crippen molar-refractivity contribution in [3.05, 3.63) is 29.3 Å². The second-order valence-electron chi connectivity index (χ2n) is 4.81. The normalized spacial score (nSPS) is 24.8. The van der Waals surface area contributed by atoms with Crippen LogP contribution in [-0.2, 0) is 0 Å². The summed E-state index contributed by atoms with van der Waals surface area (Å²) in [6, 6.07) is 2.99. The van der Waals surface area contributed by atoms with Crippen LogP contribution in [0.4, 0.5) is 14.5 Å². The zero-order valence-electron chi connectivity index (χ0n) is 9.69. The standard InChI is InChI=1S/C13H17F2N/c1-8-3-5-10(7-8)16-13-11(14)6-4-9(2)12(13)15/h4,6,8,10,16H,3,5,7H2,1-2H3. The molecule has 1 nitrogen and oxygen atoms in total. The minimum atomic E-state index is -0.498. The monoisotopic (exact) mass is 225 g/mol. The first-order chi connectivity index (χ1) is 7.58. The average Bonchev–Trinajstić information content (AvgIpc) is 2.65. The van der Waals surface area contributed by atoms with Crippen LogP contribution in [0.15, 0.2) is 12.1 Å². The number of anilines is 1. The fourth-order valence-electron chi connectivity index (χ4n) is 2.33. The molecule has 0 radical (unpaired) electrons. The summed E-state index contributed by atoms with van der Waals surface area (Å²) < 4.78 is 27.2. The molecule has 1 aromatic carbocycles. The predicted octanol–water partition coefficient (Wildman–Crippen LogP) is 3.87. The molecule has 1 aliphatic rings. The lowest BCUT2D eigenvalue weighted by atomic mass is 10.1. The van der Waals surface area contributed by atoms with Gasteiger partial charge in [-0.3, -0.25) is 0 Å². The maximum Gasteiger partial charge on any atom is 0.152 e. The van der Waals surface area contributed by atoms with Crippen LogP contribution in [0, 0.1) is 24.5 Å². The lowest BCUT2D eigenvalue weighted by Gasteiger charge is -2.16. The highest BCUT2D eigenvalue weighted by Gasteiger charge is 2.23. The molecule has 0 heterocycles. The molecule has 2 rings (SSSR count). The Morgan fingerprint density at radius 2 is 2.00 bits per heavy atom. The molecule has 0 bridgehead atoms. The molecule has 3 heteroatoms. The van der Waals surface area contributed by atoms with Gasteiger partial charge in [0.1, 0.15) is 11.5 Å². The molecule has 2 unspecified atom stereocenters. The van der Waals surface area contributed by atoms with Crippen LogP contribution in [0.5, 0.6) is 0 Å². The van der Waals surface area contributed by atoms with E-state index in [0.717, 1.165) is 19.3 Å². The van der Waals surface area contributed by atoms with Crippen LogP contribution in [0.3, 0.4) is 0 Å². The molecule has 16 heavy (non-hydrogen) atoms. The first kappa shape index (κ1) is 11.4. The molecule has 2 atom stereocenters. The minimum Gasteiger partial charge on any atom is -0.378 e. The molecule has 1 N–H and O–H groups in total. The Kier molecular flexibility index (Phi) is 3.13. The van der Waals surface area contributed by atoms with Crippen LogP contribution >= 0.6 is 0 Å². The van der Waals surface area contributed by atoms with Crippen molar-refractivity contribution in [3.63, 3.8) is 0 Å². The van der Waals surface area contributed by atoms with E-state index < -0.39 is 11.6 Å². The van der Waals surface area contributed by atoms with E-state index in [1.54, 1.807) is 6.92 Å². The van der Waals surface area contributed by atoms with Gasteiger partial charge in [-0.15, -0.1) is 0 Å². The van der Waals surface area contributed by atoms with Gasteiger partial charge in [-0.25, -0.2) is 8.78 Å². The Morgan fingerprint density at radius 1 is 1.25 bits per heavy atom. The molecule has 1 aromatic rings. The zero-order valence-corrected chi connectivity index (χ0v) is 9.69. The molecule has 0 spiro atoms. The number of nitrogens with one attached hydrogen (secondary N) is 1. The highest BCUT2D eigenvalue weighted by molar-refractivity contribution is 5.49. The molecular formula is C13H17F2N. The van der Waals surface area contributed by atoms with Crippen LogP contribution in [-0.4, -0.2) is 6.04 Å². The van der Waals surface area contributed by atoms with Crippen molar-refractivity contribution in [1.29, 1.82) is 0 Å². The Bertz CT molecular complexity index is 390. The van der Waals surface area contributed by atoms with Gasteiger partial charge in [-0.05, 0) is 43.7 Å². The maximum atomic E-state index is 13.7. The minimum absolute atomic E-state index is 0.0408. The Labute approximate surface area is 94.9 Å². The van der Waals surface area contributed by atoms with Gasteiger partial charge in [-0.1, -0.05) is 13.0 Å². The van der Waals surface area contributed by atoms with Gasteiger partial charge in [0, 0.05) is 6.04 Å². The summed E-state index contributed by atoms with van der Waals surface area (Å²) in [5.74, 6) is -0.310. The highest BCUT2D eigenvalue weighted by Crippen LogP contribution is 2.30. The Morgan fingerprint density at radius 3 is 2.62 bits per heavy atom. The van der Waals surface area contributed by atoms with Crippen molar-refractivity contribution in [2.45, 2.75) is 39.2 Å². The van der Waals surface area contributed by atoms with E-state index in [4.69, 9.17) is 0 Å². The van der Waals surface area contributed by atoms with Crippen molar-refractivity contribution in [2.75, 3.05) is 5.32 Å². The van der Waals surface area contributed by atoms with Crippen molar-refractivity contribution in [3.8, 4) is 0 Å². The van der Waals surface area contributed by atoms with Crippen LogP contribution < -0.4 is 5.32 Å². The topological polar surface area (TPSA) is 12.0 Å². The van der Waals surface area contributed by atoms with Crippen molar-refractivity contribution >= 4 is 5.69 Å². The Balaban J connectivity index is 2.18. The van der Waals surface area contributed by atoms with Crippen molar-refractivity contribution in [1.82, 2.24) is 0 Å². The lowest BCUT2D eigenvalue weighted by molar-refractivity contribution is 0.570. The molecule has 88 valence electrons. The van der Waals surface area contributed by atoms with Gasteiger partial charge in [0.25, 0.3) is 0 Å². The van der Waals surface area contributed by atoms with Gasteiger partial charge in [0.05, 0.1) is 0 Å². The summed E-state index contributed by atoms with van der Waals surface area (Å²) in [5.41, 5.74) is 0.522. The molecule has 1 aliphatic carbocycles. The molecule has 0 amide bonds. The smallest absolute Gasteiger partial charge is 0.152 e. The fraction of sp³-hybridized carbons (Fsp3) is 0.538. The van der Waals surface area contributed by atoms with Gasteiger partial charge in [0.2, 0.25) is 0 Å². The highest BCUT2D eigenvalue weighted by atomic mass is 19.1. The maximum absolute atomic E-state index is 13.7. The fourth-order valence-corrected chi connectivity index (χ4v) is 2.33. The van der Waals surface area contributed by atoms with E-state index >= 15 is 0 Å². The van der Waals surface area contributed by atoms with Gasteiger partial charge in [0.15, 0.2) is 5.82 Å². The predicted molar refractivity (Wildman–Crippen MR) is 61.5 cm³/mol. The zero-order chi connectivity index (χ0) is 11.7. The summed E-state index contributed by atoms with van der Waals surface area (Å²) in [6.45, 7) is 3.82. The third-order valence-corrected chi connectivity index (χ3v) is 3.33. The van der Waals surface area contributed by atoms with Crippen molar-refractivity contribution < 1.29 is 8.78 Å². The average molecular weight is 225 g/mol. The SMILES string of the molecule is Cc1ccc(F)c(NC2CCC(C)C2)c1F. The number of aryl methyl sites for hydroxylation is 1. The van der Waals surface area contributed by atoms with E-state index in [-0.39, 0.29) is 11.7 Å². The summed E-state index contributed by atoms with van der Waals surface area (Å²) in [6.07, 6.45) is 3.12. The number of hydrogen-bond acceptors (Lipinski definition) is 1. The molecule has 0 aliphatic heterocycles. The van der Waals surface area contributed by atoms with Crippen LogP contribution in [0.25, 0.3) is 0 Å². The third kappa shape index (κ3) is 2.18. The van der Waals surface area contributed by atoms with E-state index in [2.05, 4.69) is 12.2 Å². The first-order valence-electron chi connectivity index (χ1n) is 5.79. The van der Waals surface area contributed by atoms with E-state index in [1.165, 1.54) is 12.1 Å². The number of hydrogen-bond donors (Lipinski definition) is 1. The molecule has 0 saturated heterocycles. The van der Waals surface area contributed by atoms with Crippen LogP contribution in [0.1, 0.15) is 31.7 Å². The second-order valence-corrected chi connectivity index (χ2v) is 4.81. The quantitative estimate of drug-likeness (QED) is 0.805. The largest absolute Gasteiger partial charge is 0.378 e. The summed E-state index contributed by atoms with van der Waals surface area (Å²) in [5, 5.41) is 3.00. The van der Waals surface area contributed by atoms with E-state index in [1.807, 2.05) is 0 Å². The second kappa shape index (κ2) is 4.40. The number of rotatable bonds is 2. The molecule has 1 saturated carbocycles. The van der Waals surface area contributed by atoms with E-state index in [9.17, 15) is 8.78 Å². The summed E-state index contributed by atoms with van der Waals surface area (Å²) in [4.78, 5) is 0. The van der Waals surface area contributed by atoms with Crippen LogP contribution in [0.2, 0.25) is 0 Å². The van der Waals surface area contributed by atoms with Gasteiger partial charge >= 0.3 is 0 Å². The molecular weight excluding hydrogens is 208 g/mol. The summed E-state index contributed by atoms with van der Waals surface area (Å²) in [7, 11) is 0. The number of benzene rings is 1. The third-order valence-electron chi connectivity index (χ3n) is 3.33. The van der Waals surface area contributed by atoms with Gasteiger partial charge in [-0.2, -0.15) is 0 Å². The molecule has 0 aromatic heterocycles. The molecule has 1 fully saturated rings. The lowest BCUT2D eigenvalue weighted by Crippen LogP contribution is -2.17. The summed E-state index contributed by atoms with van der Waals surface area (Å²) >= 11 is 0.